The number of hydrogen-bond donors (Lipinski definition) is 0. The van der Waals surface area contributed by atoms with Crippen LogP contribution >= 0.6 is 0 Å². The number of likely N-dealkylation sites (tertiary alicyclic amines) is 1. The molecule has 1 aliphatic heterocycles. The maximum absolute atomic E-state index is 12.7. The van der Waals surface area contributed by atoms with Crippen LogP contribution in [-0.4, -0.2) is 44.8 Å². The number of carbonyl (C=O) groups excluding carboxylic acids is 1. The van der Waals surface area contributed by atoms with Crippen LogP contribution in [0.15, 0.2) is 36.8 Å². The zero-order valence-electron chi connectivity index (χ0n) is 11.5. The van der Waals surface area contributed by atoms with Gasteiger partial charge in [0, 0.05) is 37.2 Å². The molecule has 1 unspecified atom stereocenters. The summed E-state index contributed by atoms with van der Waals surface area (Å²) >= 11 is 0. The summed E-state index contributed by atoms with van der Waals surface area (Å²) in [6, 6.07) is 4.73. The Kier molecular flexibility index (Phi) is 3.59. The van der Waals surface area contributed by atoms with E-state index in [-0.39, 0.29) is 19.5 Å². The van der Waals surface area contributed by atoms with E-state index in [9.17, 15) is 18.0 Å². The van der Waals surface area contributed by atoms with Gasteiger partial charge in [0.1, 0.15) is 0 Å². The Balaban J connectivity index is 1.78. The van der Waals surface area contributed by atoms with Gasteiger partial charge in [0.25, 0.3) is 5.91 Å². The molecule has 1 saturated heterocycles. The van der Waals surface area contributed by atoms with Crippen molar-refractivity contribution in [1.29, 1.82) is 0 Å². The standard InChI is InChI=1S/C14H13F3N4O/c15-14(16,17)11-3-7-20(9-11)13(22)10-2-5-18-12(8-10)21-6-1-4-19-21/h1-2,4-6,8,11H,3,7,9H2. The van der Waals surface area contributed by atoms with Crippen LogP contribution in [0.5, 0.6) is 0 Å². The van der Waals surface area contributed by atoms with Crippen molar-refractivity contribution in [2.24, 2.45) is 5.92 Å². The quantitative estimate of drug-likeness (QED) is 0.855. The zero-order chi connectivity index (χ0) is 15.7. The molecule has 0 radical (unpaired) electrons. The van der Waals surface area contributed by atoms with E-state index in [2.05, 4.69) is 10.1 Å². The third-order valence-electron chi connectivity index (χ3n) is 3.67. The van der Waals surface area contributed by atoms with Crippen molar-refractivity contribution in [1.82, 2.24) is 19.7 Å². The second kappa shape index (κ2) is 5.43. The minimum absolute atomic E-state index is 0.0493. The summed E-state index contributed by atoms with van der Waals surface area (Å²) in [5, 5.41) is 4.01. The molecule has 1 atom stereocenters. The van der Waals surface area contributed by atoms with Crippen LogP contribution in [0.4, 0.5) is 13.2 Å². The van der Waals surface area contributed by atoms with Gasteiger partial charge in [-0.3, -0.25) is 4.79 Å². The Bertz CT molecular complexity index is 669. The molecule has 0 spiro atoms. The summed E-state index contributed by atoms with van der Waals surface area (Å²) < 4.78 is 39.6. The van der Waals surface area contributed by atoms with Crippen LogP contribution in [0, 0.1) is 5.92 Å². The number of halogens is 3. The van der Waals surface area contributed by atoms with E-state index in [0.717, 1.165) is 0 Å². The molecule has 1 amide bonds. The molecule has 8 heteroatoms. The maximum atomic E-state index is 12.7. The molecule has 1 aliphatic rings. The summed E-state index contributed by atoms with van der Waals surface area (Å²) in [5.41, 5.74) is 0.309. The smallest absolute Gasteiger partial charge is 0.338 e. The molecule has 5 nitrogen and oxygen atoms in total. The van der Waals surface area contributed by atoms with Crippen LogP contribution in [0.25, 0.3) is 5.82 Å². The van der Waals surface area contributed by atoms with Crippen molar-refractivity contribution in [3.8, 4) is 5.82 Å². The summed E-state index contributed by atoms with van der Waals surface area (Å²) in [5.74, 6) is -1.41. The van der Waals surface area contributed by atoms with Crippen LogP contribution < -0.4 is 0 Å². The van der Waals surface area contributed by atoms with Gasteiger partial charge in [-0.2, -0.15) is 18.3 Å². The number of aromatic nitrogens is 3. The predicted molar refractivity (Wildman–Crippen MR) is 71.4 cm³/mol. The molecule has 1 fully saturated rings. The fourth-order valence-corrected chi connectivity index (χ4v) is 2.48. The number of nitrogens with zero attached hydrogens (tertiary/aromatic N) is 4. The lowest BCUT2D eigenvalue weighted by Gasteiger charge is -2.18. The lowest BCUT2D eigenvalue weighted by molar-refractivity contribution is -0.169. The van der Waals surface area contributed by atoms with E-state index in [4.69, 9.17) is 0 Å². The number of rotatable bonds is 2. The second-order valence-corrected chi connectivity index (χ2v) is 5.13. The van der Waals surface area contributed by atoms with E-state index >= 15 is 0 Å². The highest BCUT2D eigenvalue weighted by molar-refractivity contribution is 5.94. The molecule has 0 aromatic carbocycles. The van der Waals surface area contributed by atoms with Crippen LogP contribution in [0.2, 0.25) is 0 Å². The average Bonchev–Trinajstić information content (AvgIpc) is 3.17. The Hall–Kier alpha value is -2.38. The fourth-order valence-electron chi connectivity index (χ4n) is 2.48. The highest BCUT2D eigenvalue weighted by Gasteiger charge is 2.44. The molecule has 0 N–H and O–H groups in total. The number of hydrogen-bond acceptors (Lipinski definition) is 3. The molecule has 0 saturated carbocycles. The molecule has 116 valence electrons. The average molecular weight is 310 g/mol. The predicted octanol–water partition coefficient (Wildman–Crippen LogP) is 2.29. The normalized spacial score (nSPS) is 18.7. The third kappa shape index (κ3) is 2.81. The van der Waals surface area contributed by atoms with Gasteiger partial charge in [0.05, 0.1) is 5.92 Å². The molecule has 3 heterocycles. The number of alkyl halides is 3. The monoisotopic (exact) mass is 310 g/mol. The van der Waals surface area contributed by atoms with Crippen molar-refractivity contribution in [3.05, 3.63) is 42.4 Å². The Morgan fingerprint density at radius 3 is 2.77 bits per heavy atom. The highest BCUT2D eigenvalue weighted by Crippen LogP contribution is 2.33. The molecule has 22 heavy (non-hydrogen) atoms. The van der Waals surface area contributed by atoms with Gasteiger partial charge < -0.3 is 4.90 Å². The second-order valence-electron chi connectivity index (χ2n) is 5.13. The van der Waals surface area contributed by atoms with Crippen molar-refractivity contribution in [2.75, 3.05) is 13.1 Å². The Labute approximate surface area is 124 Å². The van der Waals surface area contributed by atoms with E-state index in [1.54, 1.807) is 18.5 Å². The van der Waals surface area contributed by atoms with Crippen LogP contribution in [0.3, 0.4) is 0 Å². The first kappa shape index (κ1) is 14.6. The fraction of sp³-hybridized carbons (Fsp3) is 0.357. The summed E-state index contributed by atoms with van der Waals surface area (Å²) in [7, 11) is 0. The molecule has 2 aromatic rings. The highest BCUT2D eigenvalue weighted by atomic mass is 19.4. The lowest BCUT2D eigenvalue weighted by Crippen LogP contribution is -2.32. The topological polar surface area (TPSA) is 51.0 Å². The van der Waals surface area contributed by atoms with Gasteiger partial charge in [-0.25, -0.2) is 9.67 Å². The third-order valence-corrected chi connectivity index (χ3v) is 3.67. The SMILES string of the molecule is O=C(c1ccnc(-n2cccn2)c1)N1CCC(C(F)(F)F)C1. The van der Waals surface area contributed by atoms with Gasteiger partial charge in [0.2, 0.25) is 0 Å². The van der Waals surface area contributed by atoms with E-state index in [1.165, 1.54) is 27.9 Å². The Morgan fingerprint density at radius 2 is 2.14 bits per heavy atom. The first-order valence-corrected chi connectivity index (χ1v) is 6.77. The number of amides is 1. The van der Waals surface area contributed by atoms with Crippen LogP contribution in [-0.2, 0) is 0 Å². The molecular formula is C14H13F3N4O. The van der Waals surface area contributed by atoms with Gasteiger partial charge in [-0.15, -0.1) is 0 Å². The molecule has 0 bridgehead atoms. The Morgan fingerprint density at radius 1 is 1.32 bits per heavy atom. The minimum Gasteiger partial charge on any atom is -0.338 e. The number of pyridine rings is 1. The largest absolute Gasteiger partial charge is 0.393 e. The summed E-state index contributed by atoms with van der Waals surface area (Å²) in [4.78, 5) is 17.7. The van der Waals surface area contributed by atoms with Gasteiger partial charge in [-0.1, -0.05) is 0 Å². The molecule has 0 aliphatic carbocycles. The molecular weight excluding hydrogens is 297 g/mol. The van der Waals surface area contributed by atoms with E-state index in [1.807, 2.05) is 0 Å². The maximum Gasteiger partial charge on any atom is 0.393 e. The molecule has 2 aromatic heterocycles. The number of carbonyl (C=O) groups is 1. The van der Waals surface area contributed by atoms with Crippen molar-refractivity contribution in [2.45, 2.75) is 12.6 Å². The van der Waals surface area contributed by atoms with Gasteiger partial charge >= 0.3 is 6.18 Å². The van der Waals surface area contributed by atoms with Gasteiger partial charge in [-0.05, 0) is 24.6 Å². The van der Waals surface area contributed by atoms with Crippen molar-refractivity contribution >= 4 is 5.91 Å². The van der Waals surface area contributed by atoms with E-state index in [0.29, 0.717) is 11.4 Å². The molecule has 3 rings (SSSR count). The summed E-state index contributed by atoms with van der Waals surface area (Å²) in [6.45, 7) is -0.176. The van der Waals surface area contributed by atoms with Crippen molar-refractivity contribution in [3.63, 3.8) is 0 Å². The van der Waals surface area contributed by atoms with Crippen LogP contribution in [0.1, 0.15) is 16.8 Å². The minimum atomic E-state index is -4.26. The zero-order valence-corrected chi connectivity index (χ0v) is 11.5. The van der Waals surface area contributed by atoms with Crippen molar-refractivity contribution < 1.29 is 18.0 Å². The summed E-state index contributed by atoms with van der Waals surface area (Å²) in [6.07, 6.45) is 0.387. The first-order valence-electron chi connectivity index (χ1n) is 6.77. The first-order chi connectivity index (χ1) is 10.4. The van der Waals surface area contributed by atoms with E-state index < -0.39 is 18.0 Å². The van der Waals surface area contributed by atoms with Gasteiger partial charge in [0.15, 0.2) is 5.82 Å². The lowest BCUT2D eigenvalue weighted by atomic mass is 10.1.